The van der Waals surface area contributed by atoms with Gasteiger partial charge in [-0.1, -0.05) is 41.7 Å². The van der Waals surface area contributed by atoms with E-state index in [4.69, 9.17) is 4.98 Å². The van der Waals surface area contributed by atoms with Crippen molar-refractivity contribution in [1.82, 2.24) is 10.3 Å². The third kappa shape index (κ3) is 3.88. The Kier molecular flexibility index (Phi) is 5.16. The predicted molar refractivity (Wildman–Crippen MR) is 108 cm³/mol. The lowest BCUT2D eigenvalue weighted by atomic mass is 10.1. The number of carbonyl (C=O) groups is 1. The molecule has 1 N–H and O–H groups in total. The van der Waals surface area contributed by atoms with E-state index in [1.54, 1.807) is 11.3 Å². The molecule has 134 valence electrons. The molecule has 1 amide bonds. The quantitative estimate of drug-likeness (QED) is 0.735. The second kappa shape index (κ2) is 7.87. The van der Waals surface area contributed by atoms with Crippen LogP contribution in [0, 0.1) is 0 Å². The summed E-state index contributed by atoms with van der Waals surface area (Å²) in [6.07, 6.45) is 4.64. The molecule has 1 aliphatic heterocycles. The van der Waals surface area contributed by atoms with Crippen molar-refractivity contribution in [2.75, 3.05) is 24.5 Å². The molecule has 0 atom stereocenters. The molecule has 2 heterocycles. The lowest BCUT2D eigenvalue weighted by Gasteiger charge is -2.25. The molecular weight excluding hydrogens is 342 g/mol. The number of nitrogens with one attached hydrogen (secondary N) is 1. The van der Waals surface area contributed by atoms with E-state index in [-0.39, 0.29) is 5.91 Å². The Hall–Kier alpha value is -2.40. The van der Waals surface area contributed by atoms with Crippen LogP contribution in [0.4, 0.5) is 5.13 Å². The number of fused-ring (bicyclic) bond motifs is 1. The Morgan fingerprint density at radius 2 is 1.88 bits per heavy atom. The molecule has 1 aromatic heterocycles. The number of thiazole rings is 1. The number of benzene rings is 2. The van der Waals surface area contributed by atoms with Crippen molar-refractivity contribution >= 4 is 32.6 Å². The van der Waals surface area contributed by atoms with Crippen molar-refractivity contribution in [3.05, 3.63) is 59.7 Å². The summed E-state index contributed by atoms with van der Waals surface area (Å²) in [5.41, 5.74) is 2.92. The minimum Gasteiger partial charge on any atom is -0.352 e. The van der Waals surface area contributed by atoms with Crippen molar-refractivity contribution in [3.8, 4) is 0 Å². The summed E-state index contributed by atoms with van der Waals surface area (Å²) >= 11 is 1.69. The molecule has 0 spiro atoms. The van der Waals surface area contributed by atoms with Gasteiger partial charge >= 0.3 is 0 Å². The number of hydrogen-bond donors (Lipinski definition) is 1. The summed E-state index contributed by atoms with van der Waals surface area (Å²) in [6, 6.07) is 16.0. The van der Waals surface area contributed by atoms with Gasteiger partial charge in [0.15, 0.2) is 5.13 Å². The molecular formula is C21H23N3OS. The van der Waals surface area contributed by atoms with Crippen LogP contribution in [0.15, 0.2) is 48.5 Å². The van der Waals surface area contributed by atoms with E-state index in [1.807, 2.05) is 36.4 Å². The molecule has 1 fully saturated rings. The summed E-state index contributed by atoms with van der Waals surface area (Å²) in [4.78, 5) is 19.6. The van der Waals surface area contributed by atoms with Gasteiger partial charge in [0.25, 0.3) is 5.91 Å². The molecule has 5 heteroatoms. The Labute approximate surface area is 157 Å². The monoisotopic (exact) mass is 365 g/mol. The van der Waals surface area contributed by atoms with Gasteiger partial charge in [0.2, 0.25) is 0 Å². The molecule has 4 nitrogen and oxygen atoms in total. The van der Waals surface area contributed by atoms with Gasteiger partial charge in [0.1, 0.15) is 0 Å². The first-order valence-corrected chi connectivity index (χ1v) is 10.1. The van der Waals surface area contributed by atoms with Crippen LogP contribution < -0.4 is 10.2 Å². The SMILES string of the molecule is O=C(NCCc1ccccc1)c1ccc2nc(N3CCCCC3)sc2c1. The number of rotatable bonds is 5. The molecule has 1 saturated heterocycles. The highest BCUT2D eigenvalue weighted by atomic mass is 32.1. The maximum atomic E-state index is 12.4. The van der Waals surface area contributed by atoms with Crippen molar-refractivity contribution < 1.29 is 4.79 Å². The molecule has 3 aromatic rings. The summed E-state index contributed by atoms with van der Waals surface area (Å²) in [7, 11) is 0. The van der Waals surface area contributed by atoms with Crippen LogP contribution in [0.3, 0.4) is 0 Å². The molecule has 0 saturated carbocycles. The van der Waals surface area contributed by atoms with Gasteiger partial charge in [-0.15, -0.1) is 0 Å². The highest BCUT2D eigenvalue weighted by Gasteiger charge is 2.16. The van der Waals surface area contributed by atoms with Crippen molar-refractivity contribution in [2.45, 2.75) is 25.7 Å². The number of piperidine rings is 1. The lowest BCUT2D eigenvalue weighted by molar-refractivity contribution is 0.0954. The van der Waals surface area contributed by atoms with Crippen molar-refractivity contribution in [1.29, 1.82) is 0 Å². The summed E-state index contributed by atoms with van der Waals surface area (Å²) in [5, 5.41) is 4.10. The number of amides is 1. The molecule has 1 aliphatic rings. The van der Waals surface area contributed by atoms with Crippen LogP contribution in [-0.4, -0.2) is 30.5 Å². The van der Waals surface area contributed by atoms with Crippen LogP contribution >= 0.6 is 11.3 Å². The summed E-state index contributed by atoms with van der Waals surface area (Å²) < 4.78 is 1.08. The Balaban J connectivity index is 1.42. The molecule has 0 aliphatic carbocycles. The van der Waals surface area contributed by atoms with Gasteiger partial charge in [-0.25, -0.2) is 4.98 Å². The molecule has 26 heavy (non-hydrogen) atoms. The fourth-order valence-corrected chi connectivity index (χ4v) is 4.40. The third-order valence-electron chi connectivity index (χ3n) is 4.81. The van der Waals surface area contributed by atoms with Crippen molar-refractivity contribution in [2.24, 2.45) is 0 Å². The van der Waals surface area contributed by atoms with Gasteiger partial charge in [-0.2, -0.15) is 0 Å². The number of nitrogens with zero attached hydrogens (tertiary/aromatic N) is 2. The maximum absolute atomic E-state index is 12.4. The van der Waals surface area contributed by atoms with Crippen LogP contribution in [-0.2, 0) is 6.42 Å². The molecule has 0 unspecified atom stereocenters. The number of anilines is 1. The first-order valence-electron chi connectivity index (χ1n) is 9.27. The van der Waals surface area contributed by atoms with Gasteiger partial charge in [-0.05, 0) is 49.4 Å². The average Bonchev–Trinajstić information content (AvgIpc) is 3.13. The second-order valence-electron chi connectivity index (χ2n) is 6.72. The molecule has 4 rings (SSSR count). The normalized spacial score (nSPS) is 14.5. The van der Waals surface area contributed by atoms with E-state index >= 15 is 0 Å². The average molecular weight is 366 g/mol. The Morgan fingerprint density at radius 3 is 2.69 bits per heavy atom. The molecule has 0 radical (unpaired) electrons. The minimum absolute atomic E-state index is 0.0178. The van der Waals surface area contributed by atoms with E-state index in [0.717, 1.165) is 34.9 Å². The summed E-state index contributed by atoms with van der Waals surface area (Å²) in [6.45, 7) is 2.82. The fourth-order valence-electron chi connectivity index (χ4n) is 3.34. The van der Waals surface area contributed by atoms with E-state index in [9.17, 15) is 4.79 Å². The number of hydrogen-bond acceptors (Lipinski definition) is 4. The van der Waals surface area contributed by atoms with E-state index < -0.39 is 0 Å². The van der Waals surface area contributed by atoms with Crippen LogP contribution in [0.2, 0.25) is 0 Å². The predicted octanol–water partition coefficient (Wildman–Crippen LogP) is 4.26. The van der Waals surface area contributed by atoms with Crippen LogP contribution in [0.25, 0.3) is 10.2 Å². The van der Waals surface area contributed by atoms with Crippen molar-refractivity contribution in [3.63, 3.8) is 0 Å². The van der Waals surface area contributed by atoms with E-state index in [0.29, 0.717) is 12.1 Å². The fraction of sp³-hybridized carbons (Fsp3) is 0.333. The van der Waals surface area contributed by atoms with Gasteiger partial charge in [-0.3, -0.25) is 4.79 Å². The van der Waals surface area contributed by atoms with Gasteiger partial charge in [0.05, 0.1) is 10.2 Å². The highest BCUT2D eigenvalue weighted by molar-refractivity contribution is 7.22. The minimum atomic E-state index is -0.0178. The van der Waals surface area contributed by atoms with Gasteiger partial charge in [0, 0.05) is 25.2 Å². The largest absolute Gasteiger partial charge is 0.352 e. The van der Waals surface area contributed by atoms with Gasteiger partial charge < -0.3 is 10.2 Å². The van der Waals surface area contributed by atoms with E-state index in [2.05, 4.69) is 22.3 Å². The first kappa shape index (κ1) is 17.0. The van der Waals surface area contributed by atoms with Crippen LogP contribution in [0.5, 0.6) is 0 Å². The van der Waals surface area contributed by atoms with E-state index in [1.165, 1.54) is 24.8 Å². The lowest BCUT2D eigenvalue weighted by Crippen LogP contribution is -2.29. The number of carbonyl (C=O) groups excluding carboxylic acids is 1. The molecule has 0 bridgehead atoms. The maximum Gasteiger partial charge on any atom is 0.251 e. The zero-order valence-electron chi connectivity index (χ0n) is 14.8. The first-order chi connectivity index (χ1) is 12.8. The molecule has 2 aromatic carbocycles. The number of aromatic nitrogens is 1. The second-order valence-corrected chi connectivity index (χ2v) is 7.73. The topological polar surface area (TPSA) is 45.2 Å². The highest BCUT2D eigenvalue weighted by Crippen LogP contribution is 2.31. The summed E-state index contributed by atoms with van der Waals surface area (Å²) in [5.74, 6) is -0.0178. The zero-order valence-corrected chi connectivity index (χ0v) is 15.6. The Bertz CT molecular complexity index is 885. The smallest absolute Gasteiger partial charge is 0.251 e. The standard InChI is InChI=1S/C21H23N3OS/c25-20(22-12-11-16-7-3-1-4-8-16)17-9-10-18-19(15-17)26-21(23-18)24-13-5-2-6-14-24/h1,3-4,7-10,15H,2,5-6,11-14H2,(H,22,25). The van der Waals surface area contributed by atoms with Crippen LogP contribution in [0.1, 0.15) is 35.2 Å². The Morgan fingerprint density at radius 1 is 1.08 bits per heavy atom. The zero-order chi connectivity index (χ0) is 17.8. The third-order valence-corrected chi connectivity index (χ3v) is 5.89.